The highest BCUT2D eigenvalue weighted by Gasteiger charge is 2.22. The molecule has 0 atom stereocenters. The number of thiophene rings is 1. The predicted octanol–water partition coefficient (Wildman–Crippen LogP) is 3.82. The fourth-order valence-corrected chi connectivity index (χ4v) is 5.66. The normalized spacial score (nSPS) is 10.9. The molecule has 11 nitrogen and oxygen atoms in total. The number of nitrogens with zero attached hydrogens (tertiary/aromatic N) is 2. The lowest BCUT2D eigenvalue weighted by atomic mass is 10.1. The van der Waals surface area contributed by atoms with Crippen molar-refractivity contribution >= 4 is 61.2 Å². The number of methoxy groups -OCH3 is 3. The van der Waals surface area contributed by atoms with Gasteiger partial charge < -0.3 is 24.8 Å². The number of sulfonamides is 1. The van der Waals surface area contributed by atoms with E-state index < -0.39 is 16.0 Å². The number of carbonyl (C=O) groups excluding carboxylic acids is 1. The van der Waals surface area contributed by atoms with E-state index in [-0.39, 0.29) is 27.7 Å². The average molecular weight is 552 g/mol. The van der Waals surface area contributed by atoms with Crippen molar-refractivity contribution in [2.24, 2.45) is 0 Å². The van der Waals surface area contributed by atoms with E-state index in [1.54, 1.807) is 12.1 Å². The molecule has 2 heterocycles. The Morgan fingerprint density at radius 1 is 1.08 bits per heavy atom. The molecule has 0 amide bonds. The third-order valence-electron chi connectivity index (χ3n) is 4.91. The summed E-state index contributed by atoms with van der Waals surface area (Å²) in [6.45, 7) is 3.89. The highest BCUT2D eigenvalue weighted by atomic mass is 32.2. The van der Waals surface area contributed by atoms with Gasteiger partial charge in [0.05, 0.1) is 31.8 Å². The lowest BCUT2D eigenvalue weighted by Crippen LogP contribution is -2.20. The van der Waals surface area contributed by atoms with Crippen molar-refractivity contribution in [3.63, 3.8) is 0 Å². The van der Waals surface area contributed by atoms with Crippen LogP contribution >= 0.6 is 23.6 Å². The summed E-state index contributed by atoms with van der Waals surface area (Å²) in [5.41, 5.74) is 1.90. The topological polar surface area (TPSA) is 141 Å². The zero-order valence-electron chi connectivity index (χ0n) is 20.2. The summed E-state index contributed by atoms with van der Waals surface area (Å²) in [5, 5.41) is 6.84. The fourth-order valence-electron chi connectivity index (χ4n) is 3.24. The number of hydrogen-bond donors (Lipinski definition) is 3. The summed E-state index contributed by atoms with van der Waals surface area (Å²) in [7, 11) is 0.124. The van der Waals surface area contributed by atoms with E-state index in [0.29, 0.717) is 22.7 Å². The van der Waals surface area contributed by atoms with Crippen molar-refractivity contribution in [2.75, 3.05) is 36.7 Å². The molecule has 0 unspecified atom stereocenters. The van der Waals surface area contributed by atoms with Gasteiger partial charge in [-0.05, 0) is 55.4 Å². The molecule has 0 saturated heterocycles. The molecule has 0 aliphatic carbocycles. The summed E-state index contributed by atoms with van der Waals surface area (Å²) in [5.74, 6) is -0.310. The van der Waals surface area contributed by atoms with Gasteiger partial charge in [-0.25, -0.2) is 13.2 Å². The number of ether oxygens (including phenoxy) is 3. The van der Waals surface area contributed by atoms with E-state index in [0.717, 1.165) is 10.4 Å². The molecule has 2 aromatic heterocycles. The van der Waals surface area contributed by atoms with Gasteiger partial charge in [-0.3, -0.25) is 4.72 Å². The number of anilines is 3. The van der Waals surface area contributed by atoms with E-state index in [1.807, 2.05) is 13.8 Å². The zero-order chi connectivity index (χ0) is 26.5. The van der Waals surface area contributed by atoms with Gasteiger partial charge in [0, 0.05) is 16.6 Å². The zero-order valence-corrected chi connectivity index (χ0v) is 22.6. The SMILES string of the molecule is CCc1c(C)sc(NC(=S)Nc2ccc(S(=O)(=O)Nc3cc(OC)nc(OC)n3)cc2)c1C(=O)OC. The number of benzene rings is 1. The molecule has 36 heavy (non-hydrogen) atoms. The summed E-state index contributed by atoms with van der Waals surface area (Å²) in [6, 6.07) is 7.22. The van der Waals surface area contributed by atoms with Gasteiger partial charge >= 0.3 is 12.0 Å². The average Bonchev–Trinajstić information content (AvgIpc) is 3.17. The number of thiocarbonyl (C=S) groups is 1. The highest BCUT2D eigenvalue weighted by Crippen LogP contribution is 2.34. The number of carbonyl (C=O) groups is 1. The number of esters is 1. The third kappa shape index (κ3) is 6.19. The first-order chi connectivity index (χ1) is 17.1. The quantitative estimate of drug-likeness (QED) is 0.264. The van der Waals surface area contributed by atoms with Crippen LogP contribution in [0.3, 0.4) is 0 Å². The lowest BCUT2D eigenvalue weighted by molar-refractivity contribution is 0.0601. The Morgan fingerprint density at radius 2 is 1.78 bits per heavy atom. The largest absolute Gasteiger partial charge is 0.481 e. The Kier molecular flexibility index (Phi) is 8.66. The molecule has 3 rings (SSSR count). The Balaban J connectivity index is 1.73. The monoisotopic (exact) mass is 551 g/mol. The van der Waals surface area contributed by atoms with Gasteiger partial charge in [0.2, 0.25) is 5.88 Å². The second kappa shape index (κ2) is 11.5. The summed E-state index contributed by atoms with van der Waals surface area (Å²) in [4.78, 5) is 21.2. The standard InChI is InChI=1S/C22H25N5O6S3/c1-6-15-12(2)35-19(18(15)20(28)32-4)26-22(34)23-13-7-9-14(10-8-13)36(29,30)27-16-11-17(31-3)25-21(24-16)33-5/h7-11H,6H2,1-5H3,(H2,23,26,34)(H,24,25,27). The molecule has 0 saturated carbocycles. The Bertz CT molecular complexity index is 1350. The van der Waals surface area contributed by atoms with Crippen LogP contribution in [-0.4, -0.2) is 50.8 Å². The molecule has 0 spiro atoms. The maximum atomic E-state index is 12.8. The van der Waals surface area contributed by atoms with Gasteiger partial charge in [-0.15, -0.1) is 11.3 Å². The maximum absolute atomic E-state index is 12.8. The van der Waals surface area contributed by atoms with Crippen molar-refractivity contribution < 1.29 is 27.4 Å². The molecular weight excluding hydrogens is 526 g/mol. The van der Waals surface area contributed by atoms with Crippen LogP contribution in [0.15, 0.2) is 35.2 Å². The van der Waals surface area contributed by atoms with Crippen molar-refractivity contribution in [1.82, 2.24) is 9.97 Å². The van der Waals surface area contributed by atoms with Crippen LogP contribution in [0.25, 0.3) is 0 Å². The molecule has 0 radical (unpaired) electrons. The van der Waals surface area contributed by atoms with Crippen molar-refractivity contribution in [1.29, 1.82) is 0 Å². The molecule has 0 aliphatic rings. The van der Waals surface area contributed by atoms with Crippen LogP contribution in [0.1, 0.15) is 27.7 Å². The predicted molar refractivity (Wildman–Crippen MR) is 142 cm³/mol. The Morgan fingerprint density at radius 3 is 2.36 bits per heavy atom. The minimum atomic E-state index is -3.96. The van der Waals surface area contributed by atoms with E-state index in [9.17, 15) is 13.2 Å². The van der Waals surface area contributed by atoms with Gasteiger partial charge in [-0.2, -0.15) is 9.97 Å². The van der Waals surface area contributed by atoms with Crippen LogP contribution < -0.4 is 24.8 Å². The van der Waals surface area contributed by atoms with E-state index in [2.05, 4.69) is 25.3 Å². The number of nitrogens with one attached hydrogen (secondary N) is 3. The van der Waals surface area contributed by atoms with E-state index >= 15 is 0 Å². The van der Waals surface area contributed by atoms with Crippen LogP contribution in [0.2, 0.25) is 0 Å². The summed E-state index contributed by atoms with van der Waals surface area (Å²) < 4.78 is 42.9. The second-order valence-corrected chi connectivity index (χ2v) is 10.5. The molecule has 0 fully saturated rings. The minimum absolute atomic E-state index is 0.00193. The Hall–Kier alpha value is -3.49. The van der Waals surface area contributed by atoms with Crippen LogP contribution in [0, 0.1) is 6.92 Å². The first-order valence-corrected chi connectivity index (χ1v) is 13.2. The second-order valence-electron chi connectivity index (χ2n) is 7.18. The van der Waals surface area contributed by atoms with Crippen molar-refractivity contribution in [2.45, 2.75) is 25.2 Å². The van der Waals surface area contributed by atoms with E-state index in [4.69, 9.17) is 26.4 Å². The third-order valence-corrected chi connectivity index (χ3v) is 7.55. The fraction of sp³-hybridized carbons (Fsp3) is 0.273. The minimum Gasteiger partial charge on any atom is -0.481 e. The van der Waals surface area contributed by atoms with Crippen LogP contribution in [0.5, 0.6) is 11.9 Å². The number of rotatable bonds is 9. The maximum Gasteiger partial charge on any atom is 0.341 e. The van der Waals surface area contributed by atoms with Crippen LogP contribution in [-0.2, 0) is 21.2 Å². The van der Waals surface area contributed by atoms with Crippen molar-refractivity contribution in [3.05, 3.63) is 46.3 Å². The molecule has 0 bridgehead atoms. The molecular formula is C22H25N5O6S3. The van der Waals surface area contributed by atoms with Gasteiger partial charge in [0.15, 0.2) is 10.9 Å². The molecule has 3 N–H and O–H groups in total. The molecule has 3 aromatic rings. The van der Waals surface area contributed by atoms with Crippen molar-refractivity contribution in [3.8, 4) is 11.9 Å². The molecule has 14 heteroatoms. The van der Waals surface area contributed by atoms with Crippen LogP contribution in [0.4, 0.5) is 16.5 Å². The van der Waals surface area contributed by atoms with Gasteiger partial charge in [-0.1, -0.05) is 6.92 Å². The number of aryl methyl sites for hydroxylation is 1. The number of hydrogen-bond acceptors (Lipinski definition) is 10. The van der Waals surface area contributed by atoms with Gasteiger partial charge in [0.25, 0.3) is 10.0 Å². The first kappa shape index (κ1) is 27.1. The molecule has 1 aromatic carbocycles. The smallest absolute Gasteiger partial charge is 0.341 e. The van der Waals surface area contributed by atoms with E-state index in [1.165, 1.54) is 50.9 Å². The summed E-state index contributed by atoms with van der Waals surface area (Å²) >= 11 is 6.80. The van der Waals surface area contributed by atoms with Gasteiger partial charge in [0.1, 0.15) is 5.00 Å². The summed E-state index contributed by atoms with van der Waals surface area (Å²) in [6.07, 6.45) is 0.674. The lowest BCUT2D eigenvalue weighted by Gasteiger charge is -2.12. The highest BCUT2D eigenvalue weighted by molar-refractivity contribution is 7.92. The number of aromatic nitrogens is 2. The molecule has 192 valence electrons. The first-order valence-electron chi connectivity index (χ1n) is 10.5. The Labute approximate surface area is 218 Å². The molecule has 0 aliphatic heterocycles.